The van der Waals surface area contributed by atoms with Gasteiger partial charge in [0, 0.05) is 51.5 Å². The van der Waals surface area contributed by atoms with Crippen LogP contribution in [0.1, 0.15) is 25.0 Å². The molecule has 2 saturated heterocycles. The molecule has 2 aliphatic heterocycles. The molecular formula is C16H25N5O2. The molecule has 7 nitrogen and oxygen atoms in total. The van der Waals surface area contributed by atoms with Crippen LogP contribution in [0.15, 0.2) is 6.07 Å². The minimum absolute atomic E-state index is 0.203. The highest BCUT2D eigenvalue weighted by Crippen LogP contribution is 2.24. The third kappa shape index (κ3) is 3.90. The molecule has 1 atom stereocenters. The molecule has 3 rings (SSSR count). The highest BCUT2D eigenvalue weighted by molar-refractivity contribution is 5.78. The Hall–Kier alpha value is -1.89. The number of likely N-dealkylation sites (tertiary alicyclic amines) is 1. The van der Waals surface area contributed by atoms with Crippen molar-refractivity contribution in [3.63, 3.8) is 0 Å². The molecule has 1 aromatic heterocycles. The van der Waals surface area contributed by atoms with E-state index in [1.165, 1.54) is 12.8 Å². The van der Waals surface area contributed by atoms with Gasteiger partial charge >= 0.3 is 0 Å². The number of nitrogen functional groups attached to an aromatic ring is 1. The lowest BCUT2D eigenvalue weighted by Crippen LogP contribution is -2.29. The molecule has 2 fully saturated rings. The summed E-state index contributed by atoms with van der Waals surface area (Å²) < 4.78 is 5.06. The Morgan fingerprint density at radius 1 is 1.35 bits per heavy atom. The number of anilines is 2. The third-order valence-electron chi connectivity index (χ3n) is 4.57. The van der Waals surface area contributed by atoms with Gasteiger partial charge in [-0.15, -0.1) is 0 Å². The van der Waals surface area contributed by atoms with E-state index in [9.17, 15) is 4.79 Å². The number of hydrogen-bond donors (Lipinski definition) is 1. The standard InChI is InChI=1S/C16H25N5O2/c1-23-7-6-21-11-12(9-15(21)22)8-13-10-14(19-16(17)18-13)20-4-2-3-5-20/h10,12H,2-9,11H2,1H3,(H2,17,18,19)/t12-/m0/s1. The van der Waals surface area contributed by atoms with Crippen molar-refractivity contribution >= 4 is 17.7 Å². The molecule has 1 aromatic rings. The van der Waals surface area contributed by atoms with E-state index in [0.717, 1.165) is 37.6 Å². The monoisotopic (exact) mass is 319 g/mol. The van der Waals surface area contributed by atoms with Gasteiger partial charge in [0.25, 0.3) is 0 Å². The summed E-state index contributed by atoms with van der Waals surface area (Å²) in [6.07, 6.45) is 3.74. The van der Waals surface area contributed by atoms with E-state index in [0.29, 0.717) is 31.4 Å². The van der Waals surface area contributed by atoms with E-state index in [-0.39, 0.29) is 5.91 Å². The maximum atomic E-state index is 12.0. The molecule has 2 aliphatic rings. The first-order valence-electron chi connectivity index (χ1n) is 8.31. The zero-order valence-electron chi connectivity index (χ0n) is 13.7. The maximum absolute atomic E-state index is 12.0. The molecule has 0 bridgehead atoms. The average Bonchev–Trinajstić information content (AvgIpc) is 3.15. The van der Waals surface area contributed by atoms with Crippen molar-refractivity contribution in [1.82, 2.24) is 14.9 Å². The van der Waals surface area contributed by atoms with Gasteiger partial charge in [0.2, 0.25) is 11.9 Å². The fraction of sp³-hybridized carbons (Fsp3) is 0.688. The van der Waals surface area contributed by atoms with Crippen LogP contribution in [0, 0.1) is 5.92 Å². The SMILES string of the molecule is COCCN1C[C@@H](Cc2cc(N3CCCC3)nc(N)n2)CC1=O. The van der Waals surface area contributed by atoms with E-state index >= 15 is 0 Å². The van der Waals surface area contributed by atoms with Gasteiger partial charge in [-0.25, -0.2) is 4.98 Å². The summed E-state index contributed by atoms with van der Waals surface area (Å²) in [6, 6.07) is 2.03. The number of amides is 1. The zero-order chi connectivity index (χ0) is 16.2. The molecule has 7 heteroatoms. The zero-order valence-corrected chi connectivity index (χ0v) is 13.7. The second kappa shape index (κ2) is 7.12. The quantitative estimate of drug-likeness (QED) is 0.831. The molecule has 0 radical (unpaired) electrons. The minimum Gasteiger partial charge on any atom is -0.383 e. The Kier molecular flexibility index (Phi) is 4.95. The van der Waals surface area contributed by atoms with Crippen molar-refractivity contribution < 1.29 is 9.53 Å². The lowest BCUT2D eigenvalue weighted by molar-refractivity contribution is -0.128. The Bertz CT molecular complexity index is 559. The van der Waals surface area contributed by atoms with Gasteiger partial charge in [0.1, 0.15) is 5.82 Å². The van der Waals surface area contributed by atoms with E-state index in [4.69, 9.17) is 10.5 Å². The average molecular weight is 319 g/mol. The lowest BCUT2D eigenvalue weighted by Gasteiger charge is -2.18. The molecule has 0 aliphatic carbocycles. The summed E-state index contributed by atoms with van der Waals surface area (Å²) in [5.41, 5.74) is 6.81. The van der Waals surface area contributed by atoms with Crippen LogP contribution in [0.2, 0.25) is 0 Å². The highest BCUT2D eigenvalue weighted by Gasteiger charge is 2.29. The van der Waals surface area contributed by atoms with E-state index in [2.05, 4.69) is 14.9 Å². The van der Waals surface area contributed by atoms with Crippen molar-refractivity contribution in [2.45, 2.75) is 25.7 Å². The van der Waals surface area contributed by atoms with Crippen molar-refractivity contribution in [3.8, 4) is 0 Å². The summed E-state index contributed by atoms with van der Waals surface area (Å²) >= 11 is 0. The summed E-state index contributed by atoms with van der Waals surface area (Å²) in [6.45, 7) is 4.07. The number of carbonyl (C=O) groups excluding carboxylic acids is 1. The molecule has 2 N–H and O–H groups in total. The van der Waals surface area contributed by atoms with Crippen LogP contribution in [0.5, 0.6) is 0 Å². The van der Waals surface area contributed by atoms with E-state index in [1.807, 2.05) is 11.0 Å². The van der Waals surface area contributed by atoms with Gasteiger partial charge in [-0.2, -0.15) is 4.98 Å². The molecule has 0 aromatic carbocycles. The van der Waals surface area contributed by atoms with Gasteiger partial charge in [-0.05, 0) is 25.2 Å². The van der Waals surface area contributed by atoms with E-state index in [1.54, 1.807) is 7.11 Å². The Balaban J connectivity index is 1.65. The molecule has 23 heavy (non-hydrogen) atoms. The maximum Gasteiger partial charge on any atom is 0.223 e. The fourth-order valence-corrected chi connectivity index (χ4v) is 3.42. The first-order valence-corrected chi connectivity index (χ1v) is 8.31. The van der Waals surface area contributed by atoms with Crippen LogP contribution in [0.4, 0.5) is 11.8 Å². The van der Waals surface area contributed by atoms with Crippen LogP contribution in [-0.2, 0) is 16.0 Å². The van der Waals surface area contributed by atoms with Crippen molar-refractivity contribution in [1.29, 1.82) is 0 Å². The number of rotatable bonds is 6. The first-order chi connectivity index (χ1) is 11.2. The molecule has 1 amide bonds. The predicted molar refractivity (Wildman–Crippen MR) is 88.2 cm³/mol. The molecule has 0 saturated carbocycles. The van der Waals surface area contributed by atoms with Crippen LogP contribution in [0.3, 0.4) is 0 Å². The molecule has 126 valence electrons. The van der Waals surface area contributed by atoms with Crippen LogP contribution < -0.4 is 10.6 Å². The Morgan fingerprint density at radius 2 is 2.13 bits per heavy atom. The number of methoxy groups -OCH3 is 1. The molecule has 0 unspecified atom stereocenters. The number of nitrogens with zero attached hydrogens (tertiary/aromatic N) is 4. The number of hydrogen-bond acceptors (Lipinski definition) is 6. The highest BCUT2D eigenvalue weighted by atomic mass is 16.5. The van der Waals surface area contributed by atoms with Crippen molar-refractivity contribution in [2.75, 3.05) is 50.5 Å². The van der Waals surface area contributed by atoms with Gasteiger partial charge in [0.15, 0.2) is 0 Å². The molecular weight excluding hydrogens is 294 g/mol. The second-order valence-corrected chi connectivity index (χ2v) is 6.38. The smallest absolute Gasteiger partial charge is 0.223 e. The van der Waals surface area contributed by atoms with Crippen LogP contribution in [-0.4, -0.2) is 60.7 Å². The van der Waals surface area contributed by atoms with Gasteiger partial charge in [-0.3, -0.25) is 4.79 Å². The number of carbonyl (C=O) groups is 1. The summed E-state index contributed by atoms with van der Waals surface area (Å²) in [5.74, 6) is 1.74. The molecule has 0 spiro atoms. The Labute approximate surface area is 136 Å². The second-order valence-electron chi connectivity index (χ2n) is 6.38. The lowest BCUT2D eigenvalue weighted by atomic mass is 10.0. The van der Waals surface area contributed by atoms with Crippen LogP contribution >= 0.6 is 0 Å². The largest absolute Gasteiger partial charge is 0.383 e. The number of nitrogens with two attached hydrogens (primary N) is 1. The summed E-state index contributed by atoms with van der Waals surface area (Å²) in [4.78, 5) is 24.9. The summed E-state index contributed by atoms with van der Waals surface area (Å²) in [5, 5.41) is 0. The number of aromatic nitrogens is 2. The van der Waals surface area contributed by atoms with Crippen molar-refractivity contribution in [2.24, 2.45) is 5.92 Å². The van der Waals surface area contributed by atoms with Gasteiger partial charge in [0.05, 0.1) is 6.61 Å². The minimum atomic E-state index is 0.203. The van der Waals surface area contributed by atoms with E-state index < -0.39 is 0 Å². The third-order valence-corrected chi connectivity index (χ3v) is 4.57. The fourth-order valence-electron chi connectivity index (χ4n) is 3.42. The predicted octanol–water partition coefficient (Wildman–Crippen LogP) is 0.696. The number of ether oxygens (including phenoxy) is 1. The summed E-state index contributed by atoms with van der Waals surface area (Å²) in [7, 11) is 1.65. The van der Waals surface area contributed by atoms with Crippen molar-refractivity contribution in [3.05, 3.63) is 11.8 Å². The Morgan fingerprint density at radius 3 is 2.87 bits per heavy atom. The molecule has 3 heterocycles. The first kappa shape index (κ1) is 16.0. The van der Waals surface area contributed by atoms with Crippen LogP contribution in [0.25, 0.3) is 0 Å². The topological polar surface area (TPSA) is 84.6 Å². The van der Waals surface area contributed by atoms with Gasteiger partial charge < -0.3 is 20.3 Å². The normalized spacial score (nSPS) is 21.4. The van der Waals surface area contributed by atoms with Gasteiger partial charge in [-0.1, -0.05) is 0 Å².